The summed E-state index contributed by atoms with van der Waals surface area (Å²) in [5.41, 5.74) is 0. The van der Waals surface area contributed by atoms with E-state index in [1.807, 2.05) is 6.08 Å². The standard InChI is InChI=1S/C86H163NO13/c1-3-5-7-9-11-13-15-17-19-21-23-25-27-29-31-33-34-35-36-37-38-39-40-41-42-44-46-48-50-52-54-56-58-60-62-64-66-68-70-78(91)87-74(73-97-85-83(96)81(94)84(77(72-89)99-85)100-86-82(95)80(93)79(92)76(71-88)98-86)75(90)69-67-65-63-61-59-57-55-53-51-49-47-45-43-32-30-28-26-24-22-20-18-16-14-12-10-8-6-4-2/h51,53,59,61,67,69,74-77,79-86,88-90,92-96H,3-50,52,54-58,60,62-66,68,70-73H2,1-2H3,(H,87,91)/b53-51+,61-59+,69-67+. The van der Waals surface area contributed by atoms with Crippen LogP contribution in [0.1, 0.15) is 412 Å². The molecule has 0 aromatic rings. The van der Waals surface area contributed by atoms with Gasteiger partial charge in [-0.15, -0.1) is 0 Å². The van der Waals surface area contributed by atoms with Crippen LogP contribution in [0.4, 0.5) is 0 Å². The summed E-state index contributed by atoms with van der Waals surface area (Å²) in [6, 6.07) is -0.939. The molecule has 14 heteroatoms. The Balaban J connectivity index is 1.58. The molecule has 1 amide bonds. The molecule has 2 saturated heterocycles. The van der Waals surface area contributed by atoms with E-state index < -0.39 is 86.8 Å². The number of hydrogen-bond acceptors (Lipinski definition) is 13. The van der Waals surface area contributed by atoms with Gasteiger partial charge in [0.2, 0.25) is 5.91 Å². The molecule has 2 fully saturated rings. The normalized spacial score (nSPS) is 21.9. The Labute approximate surface area is 614 Å². The van der Waals surface area contributed by atoms with Gasteiger partial charge in [-0.3, -0.25) is 4.79 Å². The third-order valence-electron chi connectivity index (χ3n) is 21.3. The molecule has 9 N–H and O–H groups in total. The zero-order chi connectivity index (χ0) is 72.2. The zero-order valence-electron chi connectivity index (χ0n) is 65.0. The highest BCUT2D eigenvalue weighted by Crippen LogP contribution is 2.31. The maximum atomic E-state index is 13.4. The van der Waals surface area contributed by atoms with Gasteiger partial charge < -0.3 is 65.1 Å². The number of carbonyl (C=O) groups excluding carboxylic acids is 1. The molecule has 0 spiro atoms. The lowest BCUT2D eigenvalue weighted by Crippen LogP contribution is -2.65. The lowest BCUT2D eigenvalue weighted by Gasteiger charge is -2.46. The van der Waals surface area contributed by atoms with E-state index in [4.69, 9.17) is 18.9 Å². The molecule has 0 aromatic heterocycles. The minimum atomic E-state index is -1.79. The molecular weight excluding hydrogens is 1250 g/mol. The molecule has 0 radical (unpaired) electrons. The van der Waals surface area contributed by atoms with Crippen molar-refractivity contribution in [2.45, 2.75) is 485 Å². The second-order valence-corrected chi connectivity index (χ2v) is 30.7. The summed E-state index contributed by atoms with van der Waals surface area (Å²) in [4.78, 5) is 13.4. The number of rotatable bonds is 74. The van der Waals surface area contributed by atoms with E-state index >= 15 is 0 Å². The molecule has 12 atom stereocenters. The Morgan fingerprint density at radius 2 is 0.640 bits per heavy atom. The van der Waals surface area contributed by atoms with E-state index in [0.717, 1.165) is 44.9 Å². The minimum absolute atomic E-state index is 0.244. The highest BCUT2D eigenvalue weighted by molar-refractivity contribution is 5.76. The fraction of sp³-hybridized carbons (Fsp3) is 0.919. The lowest BCUT2D eigenvalue weighted by molar-refractivity contribution is -0.359. The predicted molar refractivity (Wildman–Crippen MR) is 415 cm³/mol. The van der Waals surface area contributed by atoms with Gasteiger partial charge in [0.25, 0.3) is 0 Å². The molecule has 12 unspecified atom stereocenters. The van der Waals surface area contributed by atoms with Gasteiger partial charge in [-0.05, 0) is 44.9 Å². The predicted octanol–water partition coefficient (Wildman–Crippen LogP) is 20.4. The molecule has 590 valence electrons. The van der Waals surface area contributed by atoms with Gasteiger partial charge in [-0.25, -0.2) is 0 Å². The van der Waals surface area contributed by atoms with Gasteiger partial charge in [-0.1, -0.05) is 397 Å². The number of aliphatic hydroxyl groups is 8. The number of unbranched alkanes of at least 4 members (excludes halogenated alkanes) is 57. The lowest BCUT2D eigenvalue weighted by atomic mass is 9.97. The van der Waals surface area contributed by atoms with Crippen molar-refractivity contribution >= 4 is 5.91 Å². The Hall–Kier alpha value is -1.79. The number of carbonyl (C=O) groups is 1. The highest BCUT2D eigenvalue weighted by atomic mass is 16.7. The number of ether oxygens (including phenoxy) is 4. The summed E-state index contributed by atoms with van der Waals surface area (Å²) < 4.78 is 22.9. The molecule has 2 rings (SSSR count). The molecule has 0 aliphatic carbocycles. The van der Waals surface area contributed by atoms with Gasteiger partial charge in [-0.2, -0.15) is 0 Å². The first-order chi connectivity index (χ1) is 49.1. The monoisotopic (exact) mass is 1420 g/mol. The van der Waals surface area contributed by atoms with E-state index in [1.165, 1.54) is 334 Å². The van der Waals surface area contributed by atoms with Gasteiger partial charge in [0.15, 0.2) is 12.6 Å². The van der Waals surface area contributed by atoms with Crippen LogP contribution in [-0.2, 0) is 23.7 Å². The second-order valence-electron chi connectivity index (χ2n) is 30.7. The first kappa shape index (κ1) is 94.3. The van der Waals surface area contributed by atoms with Crippen LogP contribution in [0.3, 0.4) is 0 Å². The Bertz CT molecular complexity index is 1820. The van der Waals surface area contributed by atoms with Crippen LogP contribution in [0.5, 0.6) is 0 Å². The SMILES string of the molecule is CCCCCCCCCCCCCCCCCCCC/C=C/CC/C=C/CC/C=C/C(O)C(COC1OC(CO)C(OC2OC(CO)C(O)C(O)C2O)C(O)C1O)NC(=O)CCCCCCCCCCCCCCCCCCCCCCCCCCCCCCCCCCCCCCCC. The maximum Gasteiger partial charge on any atom is 0.220 e. The van der Waals surface area contributed by atoms with Crippen LogP contribution >= 0.6 is 0 Å². The van der Waals surface area contributed by atoms with Gasteiger partial charge in [0, 0.05) is 6.42 Å². The molecule has 2 aliphatic rings. The summed E-state index contributed by atoms with van der Waals surface area (Å²) in [6.07, 6.45) is 77.0. The largest absolute Gasteiger partial charge is 0.394 e. The van der Waals surface area contributed by atoms with E-state index in [0.29, 0.717) is 12.8 Å². The minimum Gasteiger partial charge on any atom is -0.394 e. The molecule has 0 aromatic carbocycles. The number of aliphatic hydroxyl groups excluding tert-OH is 8. The summed E-state index contributed by atoms with van der Waals surface area (Å²) in [7, 11) is 0. The van der Waals surface area contributed by atoms with E-state index in [-0.39, 0.29) is 18.9 Å². The third-order valence-corrected chi connectivity index (χ3v) is 21.3. The first-order valence-electron chi connectivity index (χ1n) is 43.2. The second kappa shape index (κ2) is 70.2. The number of amides is 1. The van der Waals surface area contributed by atoms with Crippen molar-refractivity contribution in [3.8, 4) is 0 Å². The van der Waals surface area contributed by atoms with Crippen LogP contribution in [-0.4, -0.2) is 140 Å². The van der Waals surface area contributed by atoms with Crippen molar-refractivity contribution < 1.29 is 64.6 Å². The molecule has 2 aliphatic heterocycles. The molecule has 0 bridgehead atoms. The molecule has 100 heavy (non-hydrogen) atoms. The fourth-order valence-corrected chi connectivity index (χ4v) is 14.5. The van der Waals surface area contributed by atoms with Gasteiger partial charge >= 0.3 is 0 Å². The summed E-state index contributed by atoms with van der Waals surface area (Å²) >= 11 is 0. The van der Waals surface area contributed by atoms with Crippen LogP contribution in [0.2, 0.25) is 0 Å². The molecule has 14 nitrogen and oxygen atoms in total. The smallest absolute Gasteiger partial charge is 0.220 e. The maximum absolute atomic E-state index is 13.4. The van der Waals surface area contributed by atoms with E-state index in [9.17, 15) is 45.6 Å². The van der Waals surface area contributed by atoms with E-state index in [2.05, 4.69) is 43.5 Å². The van der Waals surface area contributed by atoms with E-state index in [1.54, 1.807) is 6.08 Å². The fourth-order valence-electron chi connectivity index (χ4n) is 14.5. The van der Waals surface area contributed by atoms with Crippen LogP contribution in [0, 0.1) is 0 Å². The molecule has 0 saturated carbocycles. The Morgan fingerprint density at radius 1 is 0.350 bits per heavy atom. The van der Waals surface area contributed by atoms with Crippen molar-refractivity contribution in [3.05, 3.63) is 36.5 Å². The number of hydrogen-bond donors (Lipinski definition) is 9. The van der Waals surface area contributed by atoms with Crippen molar-refractivity contribution in [3.63, 3.8) is 0 Å². The van der Waals surface area contributed by atoms with Crippen molar-refractivity contribution in [1.29, 1.82) is 0 Å². The van der Waals surface area contributed by atoms with Crippen LogP contribution in [0.15, 0.2) is 36.5 Å². The van der Waals surface area contributed by atoms with Crippen molar-refractivity contribution in [1.82, 2.24) is 5.32 Å². The first-order valence-corrected chi connectivity index (χ1v) is 43.2. The average Bonchev–Trinajstić information content (AvgIpc) is 0.791. The topological polar surface area (TPSA) is 228 Å². The highest BCUT2D eigenvalue weighted by Gasteiger charge is 2.51. The number of allylic oxidation sites excluding steroid dienone is 5. The molecule has 2 heterocycles. The van der Waals surface area contributed by atoms with Crippen molar-refractivity contribution in [2.24, 2.45) is 0 Å². The molecular formula is C86H163NO13. The average molecular weight is 1420 g/mol. The van der Waals surface area contributed by atoms with Crippen molar-refractivity contribution in [2.75, 3.05) is 19.8 Å². The number of nitrogens with one attached hydrogen (secondary N) is 1. The van der Waals surface area contributed by atoms with Crippen LogP contribution < -0.4 is 5.32 Å². The zero-order valence-corrected chi connectivity index (χ0v) is 65.0. The Kier molecular flexibility index (Phi) is 66.2. The van der Waals surface area contributed by atoms with Crippen LogP contribution in [0.25, 0.3) is 0 Å². The van der Waals surface area contributed by atoms with Gasteiger partial charge in [0.1, 0.15) is 48.8 Å². The third kappa shape index (κ3) is 52.2. The summed E-state index contributed by atoms with van der Waals surface area (Å²) in [6.45, 7) is 2.85. The quantitative estimate of drug-likeness (QED) is 0.0204. The summed E-state index contributed by atoms with van der Waals surface area (Å²) in [5.74, 6) is -0.244. The Morgan fingerprint density at radius 3 is 0.980 bits per heavy atom. The van der Waals surface area contributed by atoms with Gasteiger partial charge in [0.05, 0.1) is 32.0 Å². The summed E-state index contributed by atoms with van der Waals surface area (Å²) in [5, 5.41) is 87.7.